The molecule has 1 aliphatic rings. The van der Waals surface area contributed by atoms with Crippen molar-refractivity contribution in [1.82, 2.24) is 28.6 Å². The zero-order valence-electron chi connectivity index (χ0n) is 19.9. The third kappa shape index (κ3) is 4.10. The van der Waals surface area contributed by atoms with Crippen LogP contribution in [0.4, 0.5) is 0 Å². The van der Waals surface area contributed by atoms with E-state index in [1.54, 1.807) is 17.9 Å². The number of ether oxygens (including phenoxy) is 1. The topological polar surface area (TPSA) is 69.6 Å². The van der Waals surface area contributed by atoms with Gasteiger partial charge in [-0.15, -0.1) is 5.10 Å². The van der Waals surface area contributed by atoms with Gasteiger partial charge in [0.05, 0.1) is 31.2 Å². The van der Waals surface area contributed by atoms with Crippen molar-refractivity contribution < 1.29 is 4.74 Å². The van der Waals surface area contributed by atoms with E-state index in [0.29, 0.717) is 35.2 Å². The Hall–Kier alpha value is -3.82. The van der Waals surface area contributed by atoms with Crippen molar-refractivity contribution in [2.24, 2.45) is 0 Å². The van der Waals surface area contributed by atoms with Gasteiger partial charge in [0.25, 0.3) is 5.56 Å². The van der Waals surface area contributed by atoms with Crippen molar-refractivity contribution in [3.05, 3.63) is 99.3 Å². The van der Waals surface area contributed by atoms with Gasteiger partial charge >= 0.3 is 0 Å². The molecule has 9 heteroatoms. The van der Waals surface area contributed by atoms with Crippen LogP contribution >= 0.6 is 12.2 Å². The van der Waals surface area contributed by atoms with Crippen LogP contribution in [0.25, 0.3) is 16.7 Å². The molecule has 0 aliphatic heterocycles. The maximum absolute atomic E-state index is 13.7. The number of rotatable bonds is 8. The first kappa shape index (κ1) is 22.6. The number of fused-ring (bicyclic) bond motifs is 3. The number of pyridine rings is 1. The predicted molar refractivity (Wildman–Crippen MR) is 141 cm³/mol. The standard InChI is InChI=1S/C27H26N6O2S/c1-35-24-11-5-2-8-20(24)17-31-25(34)22-9-3-4-10-23(22)33-26(31)29-32(27(33)36)18-30(21-12-13-21)16-19-7-6-14-28-15-19/h2-11,14-15,21H,12-13,16-18H2,1H3. The van der Waals surface area contributed by atoms with Gasteiger partial charge in [0.1, 0.15) is 5.75 Å². The molecule has 3 aromatic heterocycles. The second kappa shape index (κ2) is 9.33. The SMILES string of the molecule is COc1ccccc1Cn1c(=O)c2ccccc2n2c(=S)n(CN(Cc3cccnc3)C3CC3)nc12. The highest BCUT2D eigenvalue weighted by Gasteiger charge is 2.30. The molecule has 1 saturated carbocycles. The van der Waals surface area contributed by atoms with Crippen molar-refractivity contribution in [2.45, 2.75) is 38.6 Å². The molecule has 1 aliphatic carbocycles. The van der Waals surface area contributed by atoms with Gasteiger partial charge in [-0.1, -0.05) is 36.4 Å². The second-order valence-corrected chi connectivity index (χ2v) is 9.48. The predicted octanol–water partition coefficient (Wildman–Crippen LogP) is 4.25. The number of aromatic nitrogens is 5. The Morgan fingerprint density at radius 1 is 1.08 bits per heavy atom. The summed E-state index contributed by atoms with van der Waals surface area (Å²) in [6, 6.07) is 19.8. The van der Waals surface area contributed by atoms with Crippen molar-refractivity contribution in [1.29, 1.82) is 0 Å². The van der Waals surface area contributed by atoms with E-state index in [-0.39, 0.29) is 5.56 Å². The van der Waals surface area contributed by atoms with E-state index < -0.39 is 0 Å². The third-order valence-corrected chi connectivity index (χ3v) is 7.09. The summed E-state index contributed by atoms with van der Waals surface area (Å²) in [4.78, 5) is 20.3. The van der Waals surface area contributed by atoms with Gasteiger partial charge in [-0.05, 0) is 54.9 Å². The Morgan fingerprint density at radius 2 is 1.89 bits per heavy atom. The molecule has 0 saturated heterocycles. The molecule has 0 N–H and O–H groups in total. The minimum Gasteiger partial charge on any atom is -0.496 e. The molecule has 0 atom stereocenters. The minimum absolute atomic E-state index is 0.106. The molecule has 2 aromatic carbocycles. The molecule has 6 rings (SSSR count). The summed E-state index contributed by atoms with van der Waals surface area (Å²) in [5.41, 5.74) is 2.70. The maximum atomic E-state index is 13.7. The number of hydrogen-bond donors (Lipinski definition) is 0. The fourth-order valence-electron chi connectivity index (χ4n) is 4.74. The van der Waals surface area contributed by atoms with Crippen LogP contribution in [-0.2, 0) is 19.8 Å². The molecular weight excluding hydrogens is 472 g/mol. The molecule has 0 unspecified atom stereocenters. The summed E-state index contributed by atoms with van der Waals surface area (Å²) < 4.78 is 11.6. The summed E-state index contributed by atoms with van der Waals surface area (Å²) >= 11 is 5.94. The van der Waals surface area contributed by atoms with Crippen molar-refractivity contribution in [3.8, 4) is 5.75 Å². The van der Waals surface area contributed by atoms with E-state index in [4.69, 9.17) is 22.1 Å². The Balaban J connectivity index is 1.48. The number of nitrogens with zero attached hydrogens (tertiary/aromatic N) is 6. The molecule has 182 valence electrons. The van der Waals surface area contributed by atoms with Crippen molar-refractivity contribution >= 4 is 28.9 Å². The summed E-state index contributed by atoms with van der Waals surface area (Å²) in [6.45, 7) is 1.63. The lowest BCUT2D eigenvalue weighted by atomic mass is 10.2. The Bertz CT molecular complexity index is 1670. The number of para-hydroxylation sites is 2. The summed E-state index contributed by atoms with van der Waals surface area (Å²) in [5.74, 6) is 1.25. The van der Waals surface area contributed by atoms with Crippen LogP contribution in [0, 0.1) is 4.77 Å². The van der Waals surface area contributed by atoms with Crippen LogP contribution in [-0.4, -0.2) is 41.8 Å². The van der Waals surface area contributed by atoms with Crippen LogP contribution in [0.1, 0.15) is 24.0 Å². The Morgan fingerprint density at radius 3 is 2.67 bits per heavy atom. The van der Waals surface area contributed by atoms with Gasteiger partial charge in [-0.25, -0.2) is 4.68 Å². The molecule has 8 nitrogen and oxygen atoms in total. The van der Waals surface area contributed by atoms with Crippen LogP contribution in [0.2, 0.25) is 0 Å². The van der Waals surface area contributed by atoms with Crippen LogP contribution in [0.3, 0.4) is 0 Å². The minimum atomic E-state index is -0.106. The van der Waals surface area contributed by atoms with E-state index in [2.05, 4.69) is 16.0 Å². The molecule has 36 heavy (non-hydrogen) atoms. The molecule has 0 bridgehead atoms. The van der Waals surface area contributed by atoms with Gasteiger partial charge in [-0.3, -0.25) is 23.6 Å². The van der Waals surface area contributed by atoms with Gasteiger partial charge in [0, 0.05) is 30.5 Å². The van der Waals surface area contributed by atoms with Gasteiger partial charge in [0.15, 0.2) is 0 Å². The zero-order valence-corrected chi connectivity index (χ0v) is 20.8. The highest BCUT2D eigenvalue weighted by Crippen LogP contribution is 2.29. The van der Waals surface area contributed by atoms with Gasteiger partial charge in [-0.2, -0.15) is 0 Å². The Labute approximate surface area is 213 Å². The van der Waals surface area contributed by atoms with Crippen LogP contribution < -0.4 is 10.3 Å². The first-order chi connectivity index (χ1) is 17.6. The smallest absolute Gasteiger partial charge is 0.263 e. The molecule has 0 spiro atoms. The molecule has 5 aromatic rings. The van der Waals surface area contributed by atoms with E-state index in [1.807, 2.05) is 69.9 Å². The highest BCUT2D eigenvalue weighted by molar-refractivity contribution is 7.71. The number of benzene rings is 2. The van der Waals surface area contributed by atoms with E-state index in [1.165, 1.54) is 0 Å². The van der Waals surface area contributed by atoms with E-state index >= 15 is 0 Å². The van der Waals surface area contributed by atoms with Gasteiger partial charge < -0.3 is 4.74 Å². The quantitative estimate of drug-likeness (QED) is 0.298. The van der Waals surface area contributed by atoms with Crippen LogP contribution in [0.15, 0.2) is 77.9 Å². The molecular formula is C27H26N6O2S. The monoisotopic (exact) mass is 498 g/mol. The number of hydrogen-bond acceptors (Lipinski definition) is 6. The molecule has 0 amide bonds. The second-order valence-electron chi connectivity index (χ2n) is 9.12. The fraction of sp³-hybridized carbons (Fsp3) is 0.259. The summed E-state index contributed by atoms with van der Waals surface area (Å²) in [6.07, 6.45) is 6.00. The highest BCUT2D eigenvalue weighted by atomic mass is 32.1. The van der Waals surface area contributed by atoms with Crippen molar-refractivity contribution in [3.63, 3.8) is 0 Å². The first-order valence-corrected chi connectivity index (χ1v) is 12.4. The van der Waals surface area contributed by atoms with E-state index in [0.717, 1.165) is 41.8 Å². The largest absolute Gasteiger partial charge is 0.496 e. The fourth-order valence-corrected chi connectivity index (χ4v) is 5.02. The number of methoxy groups -OCH3 is 1. The van der Waals surface area contributed by atoms with Gasteiger partial charge in [0.2, 0.25) is 10.5 Å². The first-order valence-electron chi connectivity index (χ1n) is 12.0. The molecule has 1 fully saturated rings. The lowest BCUT2D eigenvalue weighted by Gasteiger charge is -2.21. The van der Waals surface area contributed by atoms with Crippen molar-refractivity contribution in [2.75, 3.05) is 7.11 Å². The average molecular weight is 499 g/mol. The lowest BCUT2D eigenvalue weighted by Crippen LogP contribution is -2.29. The van der Waals surface area contributed by atoms with E-state index in [9.17, 15) is 4.79 Å². The maximum Gasteiger partial charge on any atom is 0.263 e. The summed E-state index contributed by atoms with van der Waals surface area (Å²) in [7, 11) is 1.64. The zero-order chi connectivity index (χ0) is 24.6. The third-order valence-electron chi connectivity index (χ3n) is 6.69. The van der Waals surface area contributed by atoms with Crippen LogP contribution in [0.5, 0.6) is 5.75 Å². The Kier molecular flexibility index (Phi) is 5.86. The lowest BCUT2D eigenvalue weighted by molar-refractivity contribution is 0.187. The normalized spacial score (nSPS) is 13.6. The average Bonchev–Trinajstić information content (AvgIpc) is 3.71. The summed E-state index contributed by atoms with van der Waals surface area (Å²) in [5, 5.41) is 5.51. The molecule has 0 radical (unpaired) electrons. The molecule has 3 heterocycles.